The Kier molecular flexibility index (Phi) is 9.83. The van der Waals surface area contributed by atoms with E-state index in [2.05, 4.69) is 20.1 Å². The topological polar surface area (TPSA) is 94.2 Å². The first-order valence-corrected chi connectivity index (χ1v) is 10.3. The standard InChI is InChI=1S/C22H29N5O3.HI/c1-23-22(24-13-5-4-6-18-9-11-19(12-10-18)27(29)30)26-16-14-25(15-17-26)20-7-2-3-8-21(20)28;/h2-3,7-12,28H,4-6,13-17H2,1H3,(H,23,24);1H. The molecule has 0 atom stereocenters. The number of non-ortho nitro benzene ring substituents is 1. The minimum atomic E-state index is -0.373. The number of aromatic hydroxyl groups is 1. The second kappa shape index (κ2) is 12.3. The number of nitro benzene ring substituents is 1. The molecule has 168 valence electrons. The summed E-state index contributed by atoms with van der Waals surface area (Å²) in [5, 5.41) is 24.2. The summed E-state index contributed by atoms with van der Waals surface area (Å²) in [5.74, 6) is 1.23. The van der Waals surface area contributed by atoms with E-state index in [0.29, 0.717) is 5.75 Å². The number of hydrogen-bond acceptors (Lipinski definition) is 5. The summed E-state index contributed by atoms with van der Waals surface area (Å²) in [4.78, 5) is 19.2. The van der Waals surface area contributed by atoms with Crippen molar-refractivity contribution in [2.24, 2.45) is 4.99 Å². The second-order valence-corrected chi connectivity index (χ2v) is 7.32. The molecule has 0 unspecified atom stereocenters. The van der Waals surface area contributed by atoms with Crippen LogP contribution in [0.1, 0.15) is 18.4 Å². The van der Waals surface area contributed by atoms with E-state index in [1.54, 1.807) is 25.2 Å². The van der Waals surface area contributed by atoms with Crippen molar-refractivity contribution in [2.75, 3.05) is 44.7 Å². The van der Waals surface area contributed by atoms with Gasteiger partial charge in [0.15, 0.2) is 5.96 Å². The molecule has 0 saturated carbocycles. The Morgan fingerprint density at radius 1 is 1.10 bits per heavy atom. The molecule has 31 heavy (non-hydrogen) atoms. The SMILES string of the molecule is CN=C(NCCCCc1ccc([N+](=O)[O-])cc1)N1CCN(c2ccccc2O)CC1.I. The monoisotopic (exact) mass is 539 g/mol. The maximum absolute atomic E-state index is 10.7. The molecule has 8 nitrogen and oxygen atoms in total. The summed E-state index contributed by atoms with van der Waals surface area (Å²) in [6.07, 6.45) is 2.90. The number of rotatable bonds is 7. The second-order valence-electron chi connectivity index (χ2n) is 7.32. The van der Waals surface area contributed by atoms with Crippen LogP contribution in [0.2, 0.25) is 0 Å². The third kappa shape index (κ3) is 6.98. The third-order valence-corrected chi connectivity index (χ3v) is 5.34. The smallest absolute Gasteiger partial charge is 0.269 e. The van der Waals surface area contributed by atoms with Gasteiger partial charge in [0.25, 0.3) is 5.69 Å². The van der Waals surface area contributed by atoms with Gasteiger partial charge in [0, 0.05) is 51.9 Å². The Morgan fingerprint density at radius 3 is 2.39 bits per heavy atom. The lowest BCUT2D eigenvalue weighted by atomic mass is 10.1. The van der Waals surface area contributed by atoms with Crippen LogP contribution in [0.15, 0.2) is 53.5 Å². The fourth-order valence-electron chi connectivity index (χ4n) is 3.66. The van der Waals surface area contributed by atoms with E-state index in [1.165, 1.54) is 0 Å². The summed E-state index contributed by atoms with van der Waals surface area (Å²) in [6, 6.07) is 14.2. The molecule has 2 aromatic rings. The van der Waals surface area contributed by atoms with Gasteiger partial charge in [-0.1, -0.05) is 24.3 Å². The molecule has 0 radical (unpaired) electrons. The molecule has 0 aromatic heterocycles. The van der Waals surface area contributed by atoms with Gasteiger partial charge >= 0.3 is 0 Å². The number of phenolic OH excluding ortho intramolecular Hbond substituents is 1. The molecule has 0 aliphatic carbocycles. The fourth-order valence-corrected chi connectivity index (χ4v) is 3.66. The quantitative estimate of drug-likeness (QED) is 0.139. The minimum Gasteiger partial charge on any atom is -0.506 e. The molecule has 1 aliphatic heterocycles. The largest absolute Gasteiger partial charge is 0.506 e. The van der Waals surface area contributed by atoms with E-state index in [0.717, 1.165) is 69.2 Å². The lowest BCUT2D eigenvalue weighted by molar-refractivity contribution is -0.384. The number of aliphatic imine (C=N–C) groups is 1. The van der Waals surface area contributed by atoms with E-state index < -0.39 is 0 Å². The summed E-state index contributed by atoms with van der Waals surface area (Å²) < 4.78 is 0. The maximum atomic E-state index is 10.7. The van der Waals surface area contributed by atoms with Crippen LogP contribution in [0.5, 0.6) is 5.75 Å². The van der Waals surface area contributed by atoms with Gasteiger partial charge in [-0.2, -0.15) is 0 Å². The van der Waals surface area contributed by atoms with Gasteiger partial charge in [-0.05, 0) is 37.0 Å². The number of halogens is 1. The highest BCUT2D eigenvalue weighted by Gasteiger charge is 2.21. The van der Waals surface area contributed by atoms with Crippen LogP contribution in [0, 0.1) is 10.1 Å². The van der Waals surface area contributed by atoms with E-state index in [1.807, 2.05) is 30.3 Å². The molecular formula is C22H30IN5O3. The number of unbranched alkanes of at least 4 members (excludes halogenated alkanes) is 1. The Hall–Kier alpha value is -2.56. The summed E-state index contributed by atoms with van der Waals surface area (Å²) >= 11 is 0. The van der Waals surface area contributed by atoms with E-state index in [-0.39, 0.29) is 34.6 Å². The normalized spacial score (nSPS) is 14.2. The van der Waals surface area contributed by atoms with Gasteiger partial charge in [0.2, 0.25) is 0 Å². The van der Waals surface area contributed by atoms with Crippen LogP contribution < -0.4 is 10.2 Å². The Balaban J connectivity index is 0.00000341. The zero-order valence-electron chi connectivity index (χ0n) is 17.7. The molecule has 3 rings (SSSR count). The summed E-state index contributed by atoms with van der Waals surface area (Å²) in [5.41, 5.74) is 2.13. The number of nitrogens with one attached hydrogen (secondary N) is 1. The van der Waals surface area contributed by atoms with Crippen molar-refractivity contribution in [1.29, 1.82) is 0 Å². The lowest BCUT2D eigenvalue weighted by Gasteiger charge is -2.37. The first-order valence-electron chi connectivity index (χ1n) is 10.3. The molecule has 2 N–H and O–H groups in total. The van der Waals surface area contributed by atoms with Crippen molar-refractivity contribution in [2.45, 2.75) is 19.3 Å². The van der Waals surface area contributed by atoms with Gasteiger partial charge in [0.1, 0.15) is 5.75 Å². The number of hydrogen-bond donors (Lipinski definition) is 2. The molecule has 1 heterocycles. The van der Waals surface area contributed by atoms with Crippen LogP contribution in [-0.2, 0) is 6.42 Å². The van der Waals surface area contributed by atoms with Crippen molar-refractivity contribution in [3.63, 3.8) is 0 Å². The summed E-state index contributed by atoms with van der Waals surface area (Å²) in [6.45, 7) is 4.18. The maximum Gasteiger partial charge on any atom is 0.269 e. The first kappa shape index (κ1) is 24.7. The molecule has 0 amide bonds. The highest BCUT2D eigenvalue weighted by molar-refractivity contribution is 14.0. The number of guanidine groups is 1. The average Bonchev–Trinajstić information content (AvgIpc) is 2.77. The zero-order chi connectivity index (χ0) is 21.3. The molecular weight excluding hydrogens is 509 g/mol. The molecule has 1 fully saturated rings. The molecule has 0 bridgehead atoms. The molecule has 0 spiro atoms. The van der Waals surface area contributed by atoms with Crippen LogP contribution in [-0.4, -0.2) is 60.7 Å². The Morgan fingerprint density at radius 2 is 1.77 bits per heavy atom. The molecule has 2 aromatic carbocycles. The minimum absolute atomic E-state index is 0. The van der Waals surface area contributed by atoms with Gasteiger partial charge in [-0.15, -0.1) is 24.0 Å². The molecule has 9 heteroatoms. The van der Waals surface area contributed by atoms with Crippen molar-refractivity contribution < 1.29 is 10.0 Å². The third-order valence-electron chi connectivity index (χ3n) is 5.34. The predicted octanol–water partition coefficient (Wildman–Crippen LogP) is 3.64. The number of anilines is 1. The van der Waals surface area contributed by atoms with E-state index in [4.69, 9.17) is 0 Å². The highest BCUT2D eigenvalue weighted by Crippen LogP contribution is 2.27. The van der Waals surface area contributed by atoms with Gasteiger partial charge in [0.05, 0.1) is 10.6 Å². The number of benzene rings is 2. The fraction of sp³-hybridized carbons (Fsp3) is 0.409. The van der Waals surface area contributed by atoms with Crippen molar-refractivity contribution in [3.8, 4) is 5.75 Å². The van der Waals surface area contributed by atoms with Gasteiger partial charge in [-0.25, -0.2) is 0 Å². The average molecular weight is 539 g/mol. The van der Waals surface area contributed by atoms with Crippen molar-refractivity contribution in [3.05, 3.63) is 64.2 Å². The van der Waals surface area contributed by atoms with Gasteiger partial charge < -0.3 is 20.2 Å². The predicted molar refractivity (Wildman–Crippen MR) is 135 cm³/mol. The number of piperazine rings is 1. The molecule has 1 aliphatic rings. The van der Waals surface area contributed by atoms with Crippen LogP contribution in [0.25, 0.3) is 0 Å². The zero-order valence-corrected chi connectivity index (χ0v) is 20.1. The Bertz CT molecular complexity index is 868. The molecule has 1 saturated heterocycles. The van der Waals surface area contributed by atoms with Crippen LogP contribution >= 0.6 is 24.0 Å². The number of para-hydroxylation sites is 2. The van der Waals surface area contributed by atoms with Crippen molar-refractivity contribution >= 4 is 41.3 Å². The Labute approximate surface area is 200 Å². The lowest BCUT2D eigenvalue weighted by Crippen LogP contribution is -2.52. The number of nitrogens with zero attached hydrogens (tertiary/aromatic N) is 4. The van der Waals surface area contributed by atoms with Crippen LogP contribution in [0.4, 0.5) is 11.4 Å². The van der Waals surface area contributed by atoms with Crippen molar-refractivity contribution in [1.82, 2.24) is 10.2 Å². The highest BCUT2D eigenvalue weighted by atomic mass is 127. The van der Waals surface area contributed by atoms with E-state index >= 15 is 0 Å². The van der Waals surface area contributed by atoms with Crippen LogP contribution in [0.3, 0.4) is 0 Å². The first-order chi connectivity index (χ1) is 14.6. The van der Waals surface area contributed by atoms with E-state index in [9.17, 15) is 15.2 Å². The number of aryl methyl sites for hydroxylation is 1. The number of phenols is 1. The number of nitro groups is 1. The summed E-state index contributed by atoms with van der Waals surface area (Å²) in [7, 11) is 1.80. The van der Waals surface area contributed by atoms with Gasteiger partial charge in [-0.3, -0.25) is 15.1 Å².